The van der Waals surface area contributed by atoms with Crippen LogP contribution in [0.1, 0.15) is 11.1 Å². The number of fused-ring (bicyclic) bond motifs is 1. The van der Waals surface area contributed by atoms with Gasteiger partial charge in [-0.1, -0.05) is 34.1 Å². The molecular formula is C11H11BrO. The Labute approximate surface area is 86.5 Å². The summed E-state index contributed by atoms with van der Waals surface area (Å²) in [6.45, 7) is 0.834. The minimum Gasteiger partial charge on any atom is -0.493 e. The van der Waals surface area contributed by atoms with Gasteiger partial charge in [-0.3, -0.25) is 0 Å². The van der Waals surface area contributed by atoms with Crippen molar-refractivity contribution in [1.29, 1.82) is 0 Å². The molecule has 1 aliphatic heterocycles. The Morgan fingerprint density at radius 3 is 3.23 bits per heavy atom. The summed E-state index contributed by atoms with van der Waals surface area (Å²) < 4.78 is 5.42. The molecule has 0 unspecified atom stereocenters. The molecule has 1 aromatic carbocycles. The first-order chi connectivity index (χ1) is 6.40. The number of allylic oxidation sites excluding steroid dienone is 1. The molecule has 1 nitrogen and oxygen atoms in total. The summed E-state index contributed by atoms with van der Waals surface area (Å²) in [6, 6.07) is 6.33. The monoisotopic (exact) mass is 238 g/mol. The van der Waals surface area contributed by atoms with Gasteiger partial charge in [0, 0.05) is 11.8 Å². The summed E-state index contributed by atoms with van der Waals surface area (Å²) in [7, 11) is 0. The molecule has 13 heavy (non-hydrogen) atoms. The first-order valence-corrected chi connectivity index (χ1v) is 5.50. The Morgan fingerprint density at radius 2 is 2.38 bits per heavy atom. The van der Waals surface area contributed by atoms with E-state index in [0.717, 1.165) is 24.1 Å². The van der Waals surface area contributed by atoms with Crippen molar-refractivity contribution in [3.63, 3.8) is 0 Å². The summed E-state index contributed by atoms with van der Waals surface area (Å²) in [5.74, 6) is 1.05. The van der Waals surface area contributed by atoms with Crippen molar-refractivity contribution in [2.45, 2.75) is 6.42 Å². The Balaban J connectivity index is 2.25. The lowest BCUT2D eigenvalue weighted by Crippen LogP contribution is -1.85. The van der Waals surface area contributed by atoms with E-state index in [1.807, 2.05) is 0 Å². The van der Waals surface area contributed by atoms with Gasteiger partial charge in [0.1, 0.15) is 5.75 Å². The number of halogens is 1. The van der Waals surface area contributed by atoms with Crippen LogP contribution in [0.4, 0.5) is 0 Å². The van der Waals surface area contributed by atoms with Crippen molar-refractivity contribution in [2.75, 3.05) is 11.9 Å². The number of alkyl halides is 1. The zero-order chi connectivity index (χ0) is 9.10. The van der Waals surface area contributed by atoms with Crippen molar-refractivity contribution in [3.8, 4) is 5.75 Å². The molecule has 1 aromatic rings. The number of ether oxygens (including phenoxy) is 1. The van der Waals surface area contributed by atoms with Crippen LogP contribution in [0.3, 0.4) is 0 Å². The molecule has 0 N–H and O–H groups in total. The van der Waals surface area contributed by atoms with E-state index in [-0.39, 0.29) is 0 Å². The average Bonchev–Trinajstić information content (AvgIpc) is 2.61. The van der Waals surface area contributed by atoms with E-state index in [4.69, 9.17) is 4.74 Å². The highest BCUT2D eigenvalue weighted by atomic mass is 79.9. The molecule has 0 spiro atoms. The molecule has 0 amide bonds. The number of hydrogen-bond acceptors (Lipinski definition) is 1. The Morgan fingerprint density at radius 1 is 1.46 bits per heavy atom. The van der Waals surface area contributed by atoms with Crippen LogP contribution < -0.4 is 4.74 Å². The Bertz CT molecular complexity index is 331. The lowest BCUT2D eigenvalue weighted by Gasteiger charge is -1.99. The lowest BCUT2D eigenvalue weighted by atomic mass is 10.1. The SMILES string of the molecule is BrC/C=C/c1ccc2c(c1)CCO2. The highest BCUT2D eigenvalue weighted by molar-refractivity contribution is 9.09. The maximum atomic E-state index is 5.42. The fourth-order valence-electron chi connectivity index (χ4n) is 1.49. The number of rotatable bonds is 2. The first-order valence-electron chi connectivity index (χ1n) is 4.38. The third-order valence-electron chi connectivity index (χ3n) is 2.11. The van der Waals surface area contributed by atoms with Crippen LogP contribution in [-0.4, -0.2) is 11.9 Å². The predicted octanol–water partition coefficient (Wildman–Crippen LogP) is 3.03. The molecule has 68 valence electrons. The van der Waals surface area contributed by atoms with Gasteiger partial charge in [-0.05, 0) is 23.3 Å². The van der Waals surface area contributed by atoms with Crippen LogP contribution in [0.15, 0.2) is 24.3 Å². The van der Waals surface area contributed by atoms with Crippen LogP contribution >= 0.6 is 15.9 Å². The largest absolute Gasteiger partial charge is 0.493 e. The van der Waals surface area contributed by atoms with E-state index in [9.17, 15) is 0 Å². The van der Waals surface area contributed by atoms with Crippen LogP contribution in [0.25, 0.3) is 6.08 Å². The molecule has 0 saturated heterocycles. The molecule has 0 aromatic heterocycles. The van der Waals surface area contributed by atoms with Gasteiger partial charge in [0.05, 0.1) is 6.61 Å². The van der Waals surface area contributed by atoms with E-state index in [1.54, 1.807) is 0 Å². The molecule has 0 bridgehead atoms. The zero-order valence-electron chi connectivity index (χ0n) is 7.29. The maximum Gasteiger partial charge on any atom is 0.122 e. The second-order valence-corrected chi connectivity index (χ2v) is 3.67. The molecule has 0 atom stereocenters. The zero-order valence-corrected chi connectivity index (χ0v) is 8.88. The third-order valence-corrected chi connectivity index (χ3v) is 2.49. The molecular weight excluding hydrogens is 228 g/mol. The van der Waals surface area contributed by atoms with Crippen molar-refractivity contribution < 1.29 is 4.74 Å². The Kier molecular flexibility index (Phi) is 2.69. The van der Waals surface area contributed by atoms with Crippen molar-refractivity contribution in [1.82, 2.24) is 0 Å². The quantitative estimate of drug-likeness (QED) is 0.721. The second-order valence-electron chi connectivity index (χ2n) is 3.02. The summed E-state index contributed by atoms with van der Waals surface area (Å²) in [5, 5.41) is 0.903. The first kappa shape index (κ1) is 8.82. The van der Waals surface area contributed by atoms with Gasteiger partial charge < -0.3 is 4.74 Å². The van der Waals surface area contributed by atoms with Gasteiger partial charge in [0.2, 0.25) is 0 Å². The van der Waals surface area contributed by atoms with Crippen LogP contribution in [0, 0.1) is 0 Å². The van der Waals surface area contributed by atoms with Gasteiger partial charge in [0.15, 0.2) is 0 Å². The molecule has 0 fully saturated rings. The van der Waals surface area contributed by atoms with Crippen LogP contribution in [0.2, 0.25) is 0 Å². The van der Waals surface area contributed by atoms with Gasteiger partial charge in [-0.15, -0.1) is 0 Å². The highest BCUT2D eigenvalue weighted by Crippen LogP contribution is 2.26. The maximum absolute atomic E-state index is 5.42. The second kappa shape index (κ2) is 3.97. The minimum atomic E-state index is 0.834. The molecule has 0 saturated carbocycles. The number of benzene rings is 1. The topological polar surface area (TPSA) is 9.23 Å². The molecule has 2 heteroatoms. The third kappa shape index (κ3) is 1.94. The summed E-state index contributed by atoms with van der Waals surface area (Å²) >= 11 is 3.36. The summed E-state index contributed by atoms with van der Waals surface area (Å²) in [4.78, 5) is 0. The minimum absolute atomic E-state index is 0.834. The predicted molar refractivity (Wildman–Crippen MR) is 58.5 cm³/mol. The van der Waals surface area contributed by atoms with Crippen molar-refractivity contribution >= 4 is 22.0 Å². The van der Waals surface area contributed by atoms with E-state index >= 15 is 0 Å². The smallest absolute Gasteiger partial charge is 0.122 e. The van der Waals surface area contributed by atoms with Crippen LogP contribution in [-0.2, 0) is 6.42 Å². The van der Waals surface area contributed by atoms with E-state index in [2.05, 4.69) is 46.3 Å². The van der Waals surface area contributed by atoms with Gasteiger partial charge in [-0.25, -0.2) is 0 Å². The summed E-state index contributed by atoms with van der Waals surface area (Å²) in [6.07, 6.45) is 5.26. The number of hydrogen-bond donors (Lipinski definition) is 0. The molecule has 2 rings (SSSR count). The standard InChI is InChI=1S/C11H11BrO/c12-6-1-2-9-3-4-11-10(8-9)5-7-13-11/h1-4,8H,5-7H2/b2-1+. The molecule has 1 heterocycles. The lowest BCUT2D eigenvalue weighted by molar-refractivity contribution is 0.357. The van der Waals surface area contributed by atoms with Gasteiger partial charge >= 0.3 is 0 Å². The molecule has 0 aliphatic carbocycles. The van der Waals surface area contributed by atoms with Crippen molar-refractivity contribution in [2.24, 2.45) is 0 Å². The van der Waals surface area contributed by atoms with Crippen molar-refractivity contribution in [3.05, 3.63) is 35.4 Å². The average molecular weight is 239 g/mol. The normalized spacial score (nSPS) is 14.5. The van der Waals surface area contributed by atoms with E-state index < -0.39 is 0 Å². The fourth-order valence-corrected chi connectivity index (χ4v) is 1.68. The van der Waals surface area contributed by atoms with Crippen LogP contribution in [0.5, 0.6) is 5.75 Å². The van der Waals surface area contributed by atoms with E-state index in [0.29, 0.717) is 0 Å². The highest BCUT2D eigenvalue weighted by Gasteiger charge is 2.10. The van der Waals surface area contributed by atoms with Gasteiger partial charge in [0.25, 0.3) is 0 Å². The molecule has 0 radical (unpaired) electrons. The Hall–Kier alpha value is -0.760. The van der Waals surface area contributed by atoms with E-state index in [1.165, 1.54) is 11.1 Å². The fraction of sp³-hybridized carbons (Fsp3) is 0.273. The molecule has 1 aliphatic rings. The van der Waals surface area contributed by atoms with Gasteiger partial charge in [-0.2, -0.15) is 0 Å². The summed E-state index contributed by atoms with van der Waals surface area (Å²) in [5.41, 5.74) is 2.58.